The van der Waals surface area contributed by atoms with Crippen molar-refractivity contribution < 1.29 is 27.3 Å². The van der Waals surface area contributed by atoms with E-state index < -0.39 is 35.6 Å². The molecule has 0 saturated carbocycles. The topological polar surface area (TPSA) is 127 Å². The van der Waals surface area contributed by atoms with Crippen molar-refractivity contribution in [1.29, 1.82) is 0 Å². The Labute approximate surface area is 243 Å². The molecule has 3 atom stereocenters. The zero-order valence-corrected chi connectivity index (χ0v) is 27.8. The van der Waals surface area contributed by atoms with E-state index in [0.717, 1.165) is 0 Å². The fourth-order valence-electron chi connectivity index (χ4n) is 5.58. The summed E-state index contributed by atoms with van der Waals surface area (Å²) in [5.41, 5.74) is 1.04. The summed E-state index contributed by atoms with van der Waals surface area (Å²) in [6, 6.07) is 0. The molecule has 222 valence electrons. The molecular formula is C26H42ClN5O6Si2. The molecule has 0 spiro atoms. The van der Waals surface area contributed by atoms with Crippen LogP contribution in [0.25, 0.3) is 11.2 Å². The van der Waals surface area contributed by atoms with E-state index in [1.54, 1.807) is 13.8 Å². The number of carbonyl (C=O) groups excluding carboxylic acids is 2. The van der Waals surface area contributed by atoms with Crippen LogP contribution in [0.1, 0.15) is 75.5 Å². The molecule has 2 aliphatic heterocycles. The van der Waals surface area contributed by atoms with Crippen molar-refractivity contribution in [3.05, 3.63) is 11.5 Å². The Bertz CT molecular complexity index is 1250. The third kappa shape index (κ3) is 5.29. The lowest BCUT2D eigenvalue weighted by Crippen LogP contribution is -2.65. The molecule has 2 fully saturated rings. The number of imidazole rings is 1. The Hall–Kier alpha value is -1.75. The molecule has 0 aromatic carbocycles. The maximum absolute atomic E-state index is 14.0. The second-order valence-electron chi connectivity index (χ2n) is 12.2. The number of carbonyl (C=O) groups is 2. The van der Waals surface area contributed by atoms with Crippen molar-refractivity contribution in [2.45, 2.75) is 110 Å². The molecule has 1 amide bonds. The molecule has 0 bridgehead atoms. The summed E-state index contributed by atoms with van der Waals surface area (Å²) in [5, 5.41) is 2.72. The van der Waals surface area contributed by atoms with Gasteiger partial charge in [0.15, 0.2) is 17.0 Å². The summed E-state index contributed by atoms with van der Waals surface area (Å²) in [4.78, 5) is 39.3. The molecule has 1 unspecified atom stereocenters. The third-order valence-electron chi connectivity index (χ3n) is 7.88. The van der Waals surface area contributed by atoms with Crippen LogP contribution in [0.3, 0.4) is 0 Å². The Morgan fingerprint density at radius 1 is 1.00 bits per heavy atom. The maximum atomic E-state index is 14.0. The van der Waals surface area contributed by atoms with Crippen LogP contribution in [0.5, 0.6) is 0 Å². The second kappa shape index (κ2) is 11.5. The largest absolute Gasteiger partial charge is 0.414 e. The molecular weight excluding hydrogens is 570 g/mol. The number of hydrogen-bond acceptors (Lipinski definition) is 9. The van der Waals surface area contributed by atoms with Gasteiger partial charge in [-0.3, -0.25) is 19.5 Å². The van der Waals surface area contributed by atoms with Crippen molar-refractivity contribution in [2.75, 3.05) is 11.9 Å². The summed E-state index contributed by atoms with van der Waals surface area (Å²) in [7, 11) is -5.79. The van der Waals surface area contributed by atoms with Gasteiger partial charge in [-0.1, -0.05) is 80.8 Å². The average molecular weight is 612 g/mol. The summed E-state index contributed by atoms with van der Waals surface area (Å²) in [6.45, 7) is 20.7. The van der Waals surface area contributed by atoms with Crippen LogP contribution < -0.4 is 5.32 Å². The molecule has 2 aromatic rings. The standard InChI is InChI=1S/C26H42ClN5O6Si2/c1-13(2)24(34)31-26-29-22(27)19-23(30-26)32(12-28-19)25-20(33)21-18(36-25)11-35-39(14(3)4,15(5)6)38-40(37-21,16(7)8)17(9)10/h12-18,21,25H,11H2,1-10H3,(H,29,30,31,34)/t18?,21-,25-/m1/s1. The van der Waals surface area contributed by atoms with Crippen LogP contribution in [0.2, 0.25) is 27.3 Å². The Kier molecular flexibility index (Phi) is 8.97. The quantitative estimate of drug-likeness (QED) is 0.319. The van der Waals surface area contributed by atoms with E-state index in [2.05, 4.69) is 75.7 Å². The van der Waals surface area contributed by atoms with Crippen molar-refractivity contribution in [2.24, 2.45) is 5.92 Å². The molecule has 40 heavy (non-hydrogen) atoms. The average Bonchev–Trinajstić information content (AvgIpc) is 3.39. The highest BCUT2D eigenvalue weighted by molar-refractivity contribution is 6.84. The van der Waals surface area contributed by atoms with Crippen molar-refractivity contribution in [3.8, 4) is 0 Å². The van der Waals surface area contributed by atoms with Gasteiger partial charge in [-0.2, -0.15) is 9.97 Å². The van der Waals surface area contributed by atoms with Gasteiger partial charge >= 0.3 is 17.1 Å². The zero-order chi connectivity index (χ0) is 29.7. The van der Waals surface area contributed by atoms with Gasteiger partial charge in [0, 0.05) is 5.92 Å². The number of fused-ring (bicyclic) bond motifs is 2. The smallest absolute Gasteiger partial charge is 0.335 e. The number of aromatic nitrogens is 4. The molecule has 11 nitrogen and oxygen atoms in total. The van der Waals surface area contributed by atoms with E-state index in [0.29, 0.717) is 5.52 Å². The highest BCUT2D eigenvalue weighted by Gasteiger charge is 2.61. The summed E-state index contributed by atoms with van der Waals surface area (Å²) in [5.74, 6) is -0.777. The normalized spacial score (nSPS) is 24.8. The fourth-order valence-corrected chi connectivity index (χ4v) is 17.0. The fraction of sp³-hybridized carbons (Fsp3) is 0.731. The van der Waals surface area contributed by atoms with E-state index >= 15 is 0 Å². The first-order chi connectivity index (χ1) is 18.6. The van der Waals surface area contributed by atoms with E-state index in [4.69, 9.17) is 29.3 Å². The Balaban J connectivity index is 1.76. The van der Waals surface area contributed by atoms with Crippen molar-refractivity contribution in [1.82, 2.24) is 19.5 Å². The number of amides is 1. The second-order valence-corrected chi connectivity index (χ2v) is 21.5. The number of halogens is 1. The Morgan fingerprint density at radius 2 is 1.60 bits per heavy atom. The van der Waals surface area contributed by atoms with Gasteiger partial charge in [-0.15, -0.1) is 0 Å². The minimum Gasteiger partial charge on any atom is -0.414 e. The van der Waals surface area contributed by atoms with Gasteiger partial charge in [0.1, 0.15) is 17.7 Å². The highest BCUT2D eigenvalue weighted by atomic mass is 35.5. The van der Waals surface area contributed by atoms with Crippen molar-refractivity contribution >= 4 is 57.5 Å². The lowest BCUT2D eigenvalue weighted by atomic mass is 10.1. The van der Waals surface area contributed by atoms with Gasteiger partial charge in [0.25, 0.3) is 0 Å². The first-order valence-corrected chi connectivity index (χ1v) is 18.4. The third-order valence-corrected chi connectivity index (χ3v) is 18.4. The first kappa shape index (κ1) is 31.2. The van der Waals surface area contributed by atoms with Gasteiger partial charge in [-0.25, -0.2) is 4.98 Å². The monoisotopic (exact) mass is 611 g/mol. The molecule has 1 N–H and O–H groups in total. The zero-order valence-electron chi connectivity index (χ0n) is 25.0. The van der Waals surface area contributed by atoms with Crippen LogP contribution in [0, 0.1) is 5.92 Å². The molecule has 14 heteroatoms. The SMILES string of the molecule is CC(C)C(=O)Nc1nc(Cl)c2ncn([C@@H]3OC4CO[Si](C(C)C)(C(C)C)O[Si](C(C)C)(C(C)C)O[C@H]4C3=O)c2n1. The van der Waals surface area contributed by atoms with Gasteiger partial charge < -0.3 is 17.7 Å². The van der Waals surface area contributed by atoms with E-state index in [-0.39, 0.29) is 63.1 Å². The Morgan fingerprint density at radius 3 is 2.15 bits per heavy atom. The molecule has 0 radical (unpaired) electrons. The predicted molar refractivity (Wildman–Crippen MR) is 157 cm³/mol. The van der Waals surface area contributed by atoms with E-state index in [1.165, 1.54) is 10.9 Å². The van der Waals surface area contributed by atoms with E-state index in [1.807, 2.05) is 0 Å². The van der Waals surface area contributed by atoms with E-state index in [9.17, 15) is 9.59 Å². The van der Waals surface area contributed by atoms with Crippen LogP contribution in [0.4, 0.5) is 5.95 Å². The molecule has 0 aliphatic carbocycles. The number of hydrogen-bond donors (Lipinski definition) is 1. The highest BCUT2D eigenvalue weighted by Crippen LogP contribution is 2.47. The van der Waals surface area contributed by atoms with Crippen LogP contribution >= 0.6 is 11.6 Å². The van der Waals surface area contributed by atoms with Crippen molar-refractivity contribution in [3.63, 3.8) is 0 Å². The van der Waals surface area contributed by atoms with Crippen LogP contribution in [-0.2, 0) is 27.3 Å². The number of ketones is 1. The minimum absolute atomic E-state index is 0.0260. The summed E-state index contributed by atoms with van der Waals surface area (Å²) >= 11 is 6.39. The van der Waals surface area contributed by atoms with Gasteiger partial charge in [-0.05, 0) is 22.2 Å². The summed E-state index contributed by atoms with van der Waals surface area (Å²) < 4.78 is 28.7. The minimum atomic E-state index is -3.01. The van der Waals surface area contributed by atoms with Gasteiger partial charge in [0.05, 0.1) is 12.9 Å². The molecule has 4 rings (SSSR count). The van der Waals surface area contributed by atoms with Crippen LogP contribution in [-0.4, -0.2) is 67.1 Å². The molecule has 2 aliphatic rings. The number of rotatable bonds is 7. The number of Topliss-reactive ketones (excluding diaryl/α,β-unsaturated/α-hetero) is 1. The number of ether oxygens (including phenoxy) is 1. The molecule has 2 aromatic heterocycles. The van der Waals surface area contributed by atoms with Gasteiger partial charge in [0.2, 0.25) is 17.6 Å². The molecule has 4 heterocycles. The maximum Gasteiger partial charge on any atom is 0.335 e. The number of nitrogens with one attached hydrogen (secondary N) is 1. The number of anilines is 1. The first-order valence-electron chi connectivity index (χ1n) is 14.1. The lowest BCUT2D eigenvalue weighted by molar-refractivity contribution is -0.130. The summed E-state index contributed by atoms with van der Waals surface area (Å²) in [6.07, 6.45) is -1.12. The molecule has 2 saturated heterocycles. The van der Waals surface area contributed by atoms with Crippen LogP contribution in [0.15, 0.2) is 6.33 Å². The number of nitrogens with zero attached hydrogens (tertiary/aromatic N) is 4. The lowest BCUT2D eigenvalue weighted by Gasteiger charge is -2.50. The predicted octanol–water partition coefficient (Wildman–Crippen LogP) is 5.50.